The molecule has 0 atom stereocenters. The van der Waals surface area contributed by atoms with Crippen LogP contribution in [0.4, 0.5) is 8.78 Å². The summed E-state index contributed by atoms with van der Waals surface area (Å²) in [4.78, 5) is 0. The number of hydrogen-bond acceptors (Lipinski definition) is 0. The Balaban J connectivity index is 4.28. The molecule has 0 nitrogen and oxygen atoms in total. The van der Waals surface area contributed by atoms with E-state index in [1.807, 2.05) is 0 Å². The molecule has 0 aliphatic carbocycles. The molecule has 0 saturated carbocycles. The highest BCUT2D eigenvalue weighted by molar-refractivity contribution is 4.82. The molecule has 0 heterocycles. The van der Waals surface area contributed by atoms with Gasteiger partial charge in [-0.2, -0.15) is 0 Å². The predicted octanol–water partition coefficient (Wildman–Crippen LogP) is 3.47. The summed E-state index contributed by atoms with van der Waals surface area (Å²) in [6.07, 6.45) is 0.460. The monoisotopic (exact) mass is 150 g/mol. The van der Waals surface area contributed by atoms with Crippen LogP contribution in [0.15, 0.2) is 0 Å². The lowest BCUT2D eigenvalue weighted by Gasteiger charge is -2.32. The molecule has 0 fully saturated rings. The molecular formula is C8H16F2. The van der Waals surface area contributed by atoms with E-state index in [1.165, 1.54) is 6.92 Å². The molecule has 0 aliphatic rings. The summed E-state index contributed by atoms with van der Waals surface area (Å²) in [5.74, 6) is -2.51. The first-order valence-corrected chi connectivity index (χ1v) is 3.75. The van der Waals surface area contributed by atoms with Crippen LogP contribution in [0.5, 0.6) is 0 Å². The van der Waals surface area contributed by atoms with Crippen LogP contribution >= 0.6 is 0 Å². The van der Waals surface area contributed by atoms with Crippen LogP contribution in [-0.4, -0.2) is 5.92 Å². The summed E-state index contributed by atoms with van der Waals surface area (Å²) in [5, 5.41) is 0. The van der Waals surface area contributed by atoms with Gasteiger partial charge in [0.25, 0.3) is 5.92 Å². The van der Waals surface area contributed by atoms with Gasteiger partial charge in [-0.3, -0.25) is 0 Å². The smallest absolute Gasteiger partial charge is 0.206 e. The van der Waals surface area contributed by atoms with Gasteiger partial charge in [0, 0.05) is 11.8 Å². The van der Waals surface area contributed by atoms with Crippen LogP contribution in [-0.2, 0) is 0 Å². The van der Waals surface area contributed by atoms with Crippen molar-refractivity contribution in [1.29, 1.82) is 0 Å². The zero-order valence-corrected chi connectivity index (χ0v) is 7.17. The molecule has 0 rings (SSSR count). The molecular weight excluding hydrogens is 134 g/mol. The molecule has 0 unspecified atom stereocenters. The second-order valence-electron chi connectivity index (χ2n) is 3.30. The van der Waals surface area contributed by atoms with Gasteiger partial charge in [-0.15, -0.1) is 0 Å². The van der Waals surface area contributed by atoms with Gasteiger partial charge in [0.1, 0.15) is 0 Å². The number of alkyl halides is 2. The zero-order chi connectivity index (χ0) is 8.41. The van der Waals surface area contributed by atoms with Crippen molar-refractivity contribution in [3.05, 3.63) is 0 Å². The van der Waals surface area contributed by atoms with Crippen molar-refractivity contribution in [3.63, 3.8) is 0 Å². The van der Waals surface area contributed by atoms with E-state index in [1.54, 1.807) is 20.8 Å². The number of halogens is 2. The van der Waals surface area contributed by atoms with E-state index in [2.05, 4.69) is 0 Å². The first kappa shape index (κ1) is 9.86. The standard InChI is InChI=1S/C8H16F2/c1-5-7(3,4)8(9,10)6-2/h5-6H2,1-4H3. The van der Waals surface area contributed by atoms with Crippen LogP contribution in [0.2, 0.25) is 0 Å². The maximum atomic E-state index is 12.9. The fourth-order valence-corrected chi connectivity index (χ4v) is 0.737. The third-order valence-electron chi connectivity index (χ3n) is 2.32. The minimum atomic E-state index is -2.51. The second kappa shape index (κ2) is 2.85. The van der Waals surface area contributed by atoms with Crippen LogP contribution in [0.25, 0.3) is 0 Å². The molecule has 0 amide bonds. The van der Waals surface area contributed by atoms with Gasteiger partial charge < -0.3 is 0 Å². The molecule has 0 aromatic rings. The molecule has 2 heteroatoms. The SMILES string of the molecule is CCC(C)(C)C(F)(F)CC. The van der Waals surface area contributed by atoms with Gasteiger partial charge >= 0.3 is 0 Å². The Morgan fingerprint density at radius 3 is 1.50 bits per heavy atom. The van der Waals surface area contributed by atoms with Crippen LogP contribution in [0, 0.1) is 5.41 Å². The van der Waals surface area contributed by atoms with Crippen molar-refractivity contribution in [2.24, 2.45) is 5.41 Å². The number of hydrogen-bond donors (Lipinski definition) is 0. The van der Waals surface area contributed by atoms with Crippen LogP contribution in [0.3, 0.4) is 0 Å². The average molecular weight is 150 g/mol. The quantitative estimate of drug-likeness (QED) is 0.578. The lowest BCUT2D eigenvalue weighted by molar-refractivity contribution is -0.109. The second-order valence-corrected chi connectivity index (χ2v) is 3.30. The van der Waals surface area contributed by atoms with Crippen molar-refractivity contribution < 1.29 is 8.78 Å². The Morgan fingerprint density at radius 1 is 1.00 bits per heavy atom. The van der Waals surface area contributed by atoms with E-state index < -0.39 is 11.3 Å². The molecule has 0 bridgehead atoms. The van der Waals surface area contributed by atoms with E-state index in [4.69, 9.17) is 0 Å². The Hall–Kier alpha value is -0.140. The molecule has 0 N–H and O–H groups in total. The Morgan fingerprint density at radius 2 is 1.40 bits per heavy atom. The summed E-state index contributed by atoms with van der Waals surface area (Å²) in [7, 11) is 0. The Kier molecular flexibility index (Phi) is 2.81. The number of rotatable bonds is 3. The summed E-state index contributed by atoms with van der Waals surface area (Å²) >= 11 is 0. The molecule has 0 aliphatic heterocycles. The largest absolute Gasteiger partial charge is 0.252 e. The van der Waals surface area contributed by atoms with Gasteiger partial charge in [0.05, 0.1) is 0 Å². The summed E-state index contributed by atoms with van der Waals surface area (Å²) < 4.78 is 25.9. The molecule has 0 aromatic carbocycles. The molecule has 0 aromatic heterocycles. The van der Waals surface area contributed by atoms with E-state index in [0.29, 0.717) is 6.42 Å². The maximum Gasteiger partial charge on any atom is 0.252 e. The van der Waals surface area contributed by atoms with E-state index in [-0.39, 0.29) is 6.42 Å². The molecule has 0 radical (unpaired) electrons. The minimum absolute atomic E-state index is 0.0617. The third-order valence-corrected chi connectivity index (χ3v) is 2.32. The molecule has 0 spiro atoms. The summed E-state index contributed by atoms with van der Waals surface area (Å²) in [5.41, 5.74) is -0.845. The highest BCUT2D eigenvalue weighted by Crippen LogP contribution is 2.40. The van der Waals surface area contributed by atoms with Crippen molar-refractivity contribution in [3.8, 4) is 0 Å². The van der Waals surface area contributed by atoms with Crippen molar-refractivity contribution >= 4 is 0 Å². The topological polar surface area (TPSA) is 0 Å². The van der Waals surface area contributed by atoms with Gasteiger partial charge in [-0.25, -0.2) is 8.78 Å². The lowest BCUT2D eigenvalue weighted by Crippen LogP contribution is -2.34. The highest BCUT2D eigenvalue weighted by Gasteiger charge is 2.43. The predicted molar refractivity (Wildman–Crippen MR) is 39.3 cm³/mol. The van der Waals surface area contributed by atoms with Gasteiger partial charge in [0.2, 0.25) is 0 Å². The molecule has 0 saturated heterocycles. The van der Waals surface area contributed by atoms with E-state index >= 15 is 0 Å². The molecule has 62 valence electrons. The lowest BCUT2D eigenvalue weighted by atomic mass is 9.82. The van der Waals surface area contributed by atoms with Gasteiger partial charge in [0.15, 0.2) is 0 Å². The summed E-state index contributed by atoms with van der Waals surface area (Å²) in [6, 6.07) is 0. The van der Waals surface area contributed by atoms with Crippen molar-refractivity contribution in [1.82, 2.24) is 0 Å². The average Bonchev–Trinajstić information content (AvgIpc) is 1.88. The maximum absolute atomic E-state index is 12.9. The Bertz CT molecular complexity index is 91.8. The van der Waals surface area contributed by atoms with Crippen LogP contribution in [0.1, 0.15) is 40.5 Å². The third kappa shape index (κ3) is 1.68. The highest BCUT2D eigenvalue weighted by atomic mass is 19.3. The van der Waals surface area contributed by atoms with E-state index in [0.717, 1.165) is 0 Å². The zero-order valence-electron chi connectivity index (χ0n) is 7.17. The van der Waals surface area contributed by atoms with Gasteiger partial charge in [-0.1, -0.05) is 27.7 Å². The van der Waals surface area contributed by atoms with Crippen molar-refractivity contribution in [2.75, 3.05) is 0 Å². The van der Waals surface area contributed by atoms with E-state index in [9.17, 15) is 8.78 Å². The fraction of sp³-hybridized carbons (Fsp3) is 1.00. The van der Waals surface area contributed by atoms with Gasteiger partial charge in [-0.05, 0) is 6.42 Å². The first-order chi connectivity index (χ1) is 4.37. The summed E-state index contributed by atoms with van der Waals surface area (Å²) in [6.45, 7) is 6.54. The Labute approximate surface area is 61.6 Å². The van der Waals surface area contributed by atoms with Crippen molar-refractivity contribution in [2.45, 2.75) is 46.5 Å². The first-order valence-electron chi connectivity index (χ1n) is 3.75. The van der Waals surface area contributed by atoms with Crippen LogP contribution < -0.4 is 0 Å². The molecule has 10 heavy (non-hydrogen) atoms. The minimum Gasteiger partial charge on any atom is -0.206 e. The normalized spacial score (nSPS) is 13.8. The fourth-order valence-electron chi connectivity index (χ4n) is 0.737.